The molecule has 4 heteroatoms. The van der Waals surface area contributed by atoms with Crippen molar-refractivity contribution >= 4 is 19.5 Å². The minimum absolute atomic E-state index is 0.238. The van der Waals surface area contributed by atoms with E-state index < -0.39 is 5.79 Å². The van der Waals surface area contributed by atoms with E-state index in [-0.39, 0.29) is 6.10 Å². The third kappa shape index (κ3) is 3.28. The molecule has 1 aliphatic rings. The fourth-order valence-electron chi connectivity index (χ4n) is 1.46. The molecule has 0 spiro atoms. The van der Waals surface area contributed by atoms with Crippen LogP contribution in [0.5, 0.6) is 0 Å². The van der Waals surface area contributed by atoms with E-state index in [9.17, 15) is 0 Å². The predicted molar refractivity (Wildman–Crippen MR) is 59.3 cm³/mol. The van der Waals surface area contributed by atoms with Gasteiger partial charge in [-0.1, -0.05) is 0 Å². The van der Waals surface area contributed by atoms with Crippen LogP contribution in [-0.4, -0.2) is 38.4 Å². The number of nitrogens with zero attached hydrogens (tertiary/aromatic N) is 1. The monoisotopic (exact) mass is 273 g/mol. The van der Waals surface area contributed by atoms with E-state index in [0.29, 0.717) is 21.6 Å². The molecule has 1 aliphatic heterocycles. The predicted octanol–water partition coefficient (Wildman–Crippen LogP) is 0.981. The van der Waals surface area contributed by atoms with Crippen LogP contribution in [0.3, 0.4) is 0 Å². The Balaban J connectivity index is 1.80. The summed E-state index contributed by atoms with van der Waals surface area (Å²) in [6.07, 6.45) is 2.08. The number of aromatic nitrogens is 1. The van der Waals surface area contributed by atoms with Gasteiger partial charge in [-0.25, -0.2) is 0 Å². The van der Waals surface area contributed by atoms with Crippen molar-refractivity contribution in [2.75, 3.05) is 6.61 Å². The fourth-order valence-corrected chi connectivity index (χ4v) is 3.20. The van der Waals surface area contributed by atoms with Crippen LogP contribution >= 0.6 is 0 Å². The Bertz CT molecular complexity index is 316. The second kappa shape index (κ2) is 4.62. The molecule has 1 fully saturated rings. The van der Waals surface area contributed by atoms with Crippen molar-refractivity contribution < 1.29 is 9.47 Å². The molecule has 0 bridgehead atoms. The molecule has 1 unspecified atom stereocenters. The van der Waals surface area contributed by atoms with Crippen LogP contribution in [0.15, 0.2) is 24.4 Å². The molecule has 2 rings (SSSR count). The van der Waals surface area contributed by atoms with Crippen LogP contribution in [0, 0.1) is 0 Å². The van der Waals surface area contributed by atoms with Crippen molar-refractivity contribution in [3.05, 3.63) is 24.4 Å². The van der Waals surface area contributed by atoms with Gasteiger partial charge >= 0.3 is 96.1 Å². The minimum atomic E-state index is -0.398. The fraction of sp³-hybridized carbons (Fsp3) is 0.545. The summed E-state index contributed by atoms with van der Waals surface area (Å²) in [7, 11) is 0. The number of hydrogen-bond donors (Lipinski definition) is 0. The van der Waals surface area contributed by atoms with Crippen molar-refractivity contribution in [1.29, 1.82) is 0 Å². The summed E-state index contributed by atoms with van der Waals surface area (Å²) >= 11 is 0.385. The molecule has 0 radical (unpaired) electrons. The van der Waals surface area contributed by atoms with Crippen LogP contribution in [-0.2, 0) is 9.47 Å². The Morgan fingerprint density at radius 3 is 3.00 bits per heavy atom. The standard InChI is InChI=1S/C11H15NO2Se/c1-11(2)13-7-9(14-11)8-15-10-5-3-4-6-12-10/h3-6,9H,7-8H2,1-2H3. The summed E-state index contributed by atoms with van der Waals surface area (Å²) < 4.78 is 12.4. The second-order valence-corrected chi connectivity index (χ2v) is 6.11. The second-order valence-electron chi connectivity index (χ2n) is 3.93. The topological polar surface area (TPSA) is 31.4 Å². The van der Waals surface area contributed by atoms with Gasteiger partial charge in [-0.05, 0) is 0 Å². The van der Waals surface area contributed by atoms with Gasteiger partial charge in [0.1, 0.15) is 0 Å². The van der Waals surface area contributed by atoms with Crippen LogP contribution in [0.2, 0.25) is 5.32 Å². The quantitative estimate of drug-likeness (QED) is 0.769. The van der Waals surface area contributed by atoms with Crippen molar-refractivity contribution in [3.63, 3.8) is 0 Å². The molecular formula is C11H15NO2Se. The van der Waals surface area contributed by atoms with Gasteiger partial charge in [-0.15, -0.1) is 0 Å². The van der Waals surface area contributed by atoms with Crippen molar-refractivity contribution in [1.82, 2.24) is 4.98 Å². The van der Waals surface area contributed by atoms with E-state index in [1.54, 1.807) is 0 Å². The van der Waals surface area contributed by atoms with Crippen LogP contribution < -0.4 is 4.59 Å². The molecule has 0 N–H and O–H groups in total. The van der Waals surface area contributed by atoms with Crippen LogP contribution in [0.4, 0.5) is 0 Å². The molecule has 0 saturated carbocycles. The molecule has 3 nitrogen and oxygen atoms in total. The Labute approximate surface area is 96.3 Å². The maximum atomic E-state index is 5.74. The first-order valence-electron chi connectivity index (χ1n) is 5.01. The van der Waals surface area contributed by atoms with Crippen molar-refractivity contribution in [3.8, 4) is 0 Å². The molecule has 0 aromatic carbocycles. The van der Waals surface area contributed by atoms with Gasteiger partial charge in [0.2, 0.25) is 0 Å². The van der Waals surface area contributed by atoms with E-state index >= 15 is 0 Å². The first-order chi connectivity index (χ1) is 7.16. The van der Waals surface area contributed by atoms with Crippen LogP contribution in [0.25, 0.3) is 0 Å². The Kier molecular flexibility index (Phi) is 3.42. The van der Waals surface area contributed by atoms with Gasteiger partial charge in [-0.2, -0.15) is 0 Å². The van der Waals surface area contributed by atoms with Crippen molar-refractivity contribution in [2.45, 2.75) is 31.1 Å². The summed E-state index contributed by atoms with van der Waals surface area (Å²) in [4.78, 5) is 4.31. The zero-order valence-corrected chi connectivity index (χ0v) is 10.7. The third-order valence-corrected chi connectivity index (χ3v) is 4.38. The summed E-state index contributed by atoms with van der Waals surface area (Å²) in [5.41, 5.74) is 0. The first kappa shape index (κ1) is 11.1. The summed E-state index contributed by atoms with van der Waals surface area (Å²) in [6, 6.07) is 6.04. The Morgan fingerprint density at radius 1 is 1.53 bits per heavy atom. The van der Waals surface area contributed by atoms with Crippen LogP contribution in [0.1, 0.15) is 13.8 Å². The van der Waals surface area contributed by atoms with E-state index in [0.717, 1.165) is 5.32 Å². The van der Waals surface area contributed by atoms with E-state index in [1.165, 1.54) is 4.59 Å². The molecule has 1 aromatic rings. The van der Waals surface area contributed by atoms with Gasteiger partial charge in [0.05, 0.1) is 0 Å². The Morgan fingerprint density at radius 2 is 2.40 bits per heavy atom. The number of hydrogen-bond acceptors (Lipinski definition) is 3. The van der Waals surface area contributed by atoms with Gasteiger partial charge in [0.25, 0.3) is 0 Å². The molecule has 1 aromatic heterocycles. The maximum absolute atomic E-state index is 5.74. The number of ether oxygens (including phenoxy) is 2. The zero-order chi connectivity index (χ0) is 10.7. The Hall–Kier alpha value is -0.411. The van der Waals surface area contributed by atoms with E-state index in [1.807, 2.05) is 32.2 Å². The average Bonchev–Trinajstić information content (AvgIpc) is 2.57. The van der Waals surface area contributed by atoms with E-state index in [4.69, 9.17) is 9.47 Å². The normalized spacial score (nSPS) is 24.3. The van der Waals surface area contributed by atoms with Gasteiger partial charge in [0.15, 0.2) is 0 Å². The van der Waals surface area contributed by atoms with Gasteiger partial charge < -0.3 is 0 Å². The summed E-state index contributed by atoms with van der Waals surface area (Å²) in [5, 5.41) is 1.04. The molecule has 0 aliphatic carbocycles. The molecule has 1 saturated heterocycles. The van der Waals surface area contributed by atoms with Gasteiger partial charge in [-0.3, -0.25) is 0 Å². The molecule has 0 amide bonds. The van der Waals surface area contributed by atoms with Crippen molar-refractivity contribution in [2.24, 2.45) is 0 Å². The molecular weight excluding hydrogens is 257 g/mol. The number of rotatable bonds is 3. The zero-order valence-electron chi connectivity index (χ0n) is 8.97. The first-order valence-corrected chi connectivity index (χ1v) is 7.08. The molecule has 15 heavy (non-hydrogen) atoms. The van der Waals surface area contributed by atoms with E-state index in [2.05, 4.69) is 11.1 Å². The summed E-state index contributed by atoms with van der Waals surface area (Å²) in [6.45, 7) is 4.63. The molecule has 1 atom stereocenters. The SMILES string of the molecule is CC1(C)OCC(C[Se]c2ccccn2)O1. The average molecular weight is 272 g/mol. The summed E-state index contributed by atoms with van der Waals surface area (Å²) in [5.74, 6) is -0.398. The number of pyridine rings is 1. The third-order valence-electron chi connectivity index (χ3n) is 2.12. The molecule has 82 valence electrons. The molecule has 2 heterocycles. The van der Waals surface area contributed by atoms with Gasteiger partial charge in [0, 0.05) is 0 Å².